The van der Waals surface area contributed by atoms with Gasteiger partial charge in [0, 0.05) is 53.3 Å². The molecule has 8 aromatic rings. The van der Waals surface area contributed by atoms with Gasteiger partial charge in [-0.1, -0.05) is 117 Å². The zero-order valence-corrected chi connectivity index (χ0v) is 26.7. The van der Waals surface area contributed by atoms with Gasteiger partial charge in [0.15, 0.2) is 0 Å². The first-order valence-electron chi connectivity index (χ1n) is 14.7. The van der Waals surface area contributed by atoms with Crippen molar-refractivity contribution in [2.45, 2.75) is 0 Å². The molecule has 0 fully saturated rings. The number of halogens is 2. The van der Waals surface area contributed by atoms with Gasteiger partial charge in [-0.15, -0.1) is 0 Å². The largest absolute Gasteiger partial charge is 0.309 e. The lowest BCUT2D eigenvalue weighted by Crippen LogP contribution is -2.03. The van der Waals surface area contributed by atoms with Crippen LogP contribution in [0.1, 0.15) is 0 Å². The molecule has 4 heteroatoms. The quantitative estimate of drug-likeness (QED) is 0.171. The number of aromatic nitrogens is 2. The van der Waals surface area contributed by atoms with Crippen molar-refractivity contribution >= 4 is 53.7 Å². The van der Waals surface area contributed by atoms with Crippen molar-refractivity contribution < 1.29 is 0 Å². The molecule has 208 valence electrons. The first-order chi connectivity index (χ1) is 21.7. The van der Waals surface area contributed by atoms with E-state index in [0.29, 0.717) is 0 Å². The molecule has 2 aromatic heterocycles. The minimum atomic E-state index is 1.07. The van der Waals surface area contributed by atoms with E-state index >= 15 is 0 Å². The monoisotopic (exact) mass is 690 g/mol. The highest BCUT2D eigenvalue weighted by Gasteiger charge is 2.32. The molecule has 0 saturated heterocycles. The molecule has 0 bridgehead atoms. The summed E-state index contributed by atoms with van der Waals surface area (Å²) in [6.45, 7) is 0. The first-order valence-corrected chi connectivity index (χ1v) is 16.3. The highest BCUT2D eigenvalue weighted by atomic mass is 79.9. The molecule has 1 aliphatic rings. The molecule has 0 radical (unpaired) electrons. The molecule has 44 heavy (non-hydrogen) atoms. The van der Waals surface area contributed by atoms with Gasteiger partial charge < -0.3 is 9.13 Å². The summed E-state index contributed by atoms with van der Waals surface area (Å²) < 4.78 is 7.03. The lowest BCUT2D eigenvalue weighted by molar-refractivity contribution is 1.12. The molecule has 9 rings (SSSR count). The van der Waals surface area contributed by atoms with E-state index in [-0.39, 0.29) is 0 Å². The molecule has 6 aromatic carbocycles. The van der Waals surface area contributed by atoms with E-state index in [4.69, 9.17) is 0 Å². The summed E-state index contributed by atoms with van der Waals surface area (Å²) in [7, 11) is 0. The molecule has 2 heterocycles. The summed E-state index contributed by atoms with van der Waals surface area (Å²) in [6, 6.07) is 52.7. The molecular weight excluding hydrogens is 668 g/mol. The van der Waals surface area contributed by atoms with Gasteiger partial charge in [0.25, 0.3) is 0 Å². The Morgan fingerprint density at radius 1 is 0.364 bits per heavy atom. The van der Waals surface area contributed by atoms with E-state index in [2.05, 4.69) is 187 Å². The van der Waals surface area contributed by atoms with Crippen LogP contribution in [0.5, 0.6) is 0 Å². The Bertz CT molecular complexity index is 2230. The lowest BCUT2D eigenvalue weighted by Gasteiger charge is -2.23. The van der Waals surface area contributed by atoms with Crippen LogP contribution in [-0.2, 0) is 0 Å². The zero-order valence-electron chi connectivity index (χ0n) is 23.5. The number of nitrogens with zero attached hydrogens (tertiary/aromatic N) is 2. The van der Waals surface area contributed by atoms with E-state index < -0.39 is 0 Å². The van der Waals surface area contributed by atoms with E-state index in [9.17, 15) is 0 Å². The fraction of sp³-hybridized carbons (Fsp3) is 0. The first kappa shape index (κ1) is 25.8. The van der Waals surface area contributed by atoms with E-state index in [1.807, 2.05) is 0 Å². The van der Waals surface area contributed by atoms with Gasteiger partial charge in [-0.25, -0.2) is 0 Å². The standard InChI is InChI=1S/C40H24Br2N2/c41-25-19-21-35-33(23-25)37-29-15-7-8-16-30(29)38-34-24-26(42)20-22-36(34)44(28-13-5-2-6-14-28)40(38)32-18-10-9-17-31(32)39(37)43(35)27-11-3-1-4-12-27/h1-24H. The van der Waals surface area contributed by atoms with Crippen LogP contribution < -0.4 is 0 Å². The molecule has 0 spiro atoms. The summed E-state index contributed by atoms with van der Waals surface area (Å²) >= 11 is 7.62. The maximum absolute atomic E-state index is 3.81. The van der Waals surface area contributed by atoms with Crippen LogP contribution in [0.4, 0.5) is 0 Å². The Kier molecular flexibility index (Phi) is 5.84. The van der Waals surface area contributed by atoms with Crippen molar-refractivity contribution in [3.63, 3.8) is 0 Å². The number of hydrogen-bond donors (Lipinski definition) is 0. The van der Waals surface area contributed by atoms with E-state index in [1.165, 1.54) is 66.6 Å². The highest BCUT2D eigenvalue weighted by Crippen LogP contribution is 2.55. The molecule has 1 aliphatic carbocycles. The van der Waals surface area contributed by atoms with Crippen LogP contribution in [0.2, 0.25) is 0 Å². The average Bonchev–Trinajstić information content (AvgIpc) is 3.57. The van der Waals surface area contributed by atoms with Crippen LogP contribution in [0.15, 0.2) is 155 Å². The van der Waals surface area contributed by atoms with Crippen LogP contribution >= 0.6 is 31.9 Å². The molecule has 0 amide bonds. The molecule has 2 nitrogen and oxygen atoms in total. The number of rotatable bonds is 2. The number of benzene rings is 6. The molecule has 0 unspecified atom stereocenters. The Morgan fingerprint density at radius 2 is 0.727 bits per heavy atom. The lowest BCUT2D eigenvalue weighted by atomic mass is 9.84. The molecule has 0 N–H and O–H groups in total. The van der Waals surface area contributed by atoms with Crippen molar-refractivity contribution in [3.8, 4) is 56.1 Å². The van der Waals surface area contributed by atoms with E-state index in [0.717, 1.165) is 20.3 Å². The van der Waals surface area contributed by atoms with Gasteiger partial charge in [-0.3, -0.25) is 0 Å². The van der Waals surface area contributed by atoms with Gasteiger partial charge >= 0.3 is 0 Å². The molecule has 0 atom stereocenters. The Morgan fingerprint density at radius 3 is 1.14 bits per heavy atom. The minimum absolute atomic E-state index is 1.07. The second kappa shape index (κ2) is 9.95. The molecular formula is C40H24Br2N2. The van der Waals surface area contributed by atoms with Gasteiger partial charge in [0.2, 0.25) is 0 Å². The maximum atomic E-state index is 3.81. The third kappa shape index (κ3) is 3.71. The summed E-state index contributed by atoms with van der Waals surface area (Å²) in [4.78, 5) is 0. The van der Waals surface area contributed by atoms with Gasteiger partial charge in [-0.2, -0.15) is 0 Å². The van der Waals surface area contributed by atoms with Gasteiger partial charge in [-0.05, 0) is 71.8 Å². The second-order valence-electron chi connectivity index (χ2n) is 11.2. The fourth-order valence-electron chi connectivity index (χ4n) is 7.09. The SMILES string of the molecule is Brc1ccc2c(c1)c1c(n2-c2ccccc2)-c2ccccc2-c2c(c3cc(Br)ccc3n2-c2ccccc2)-c2ccccc2-1. The molecule has 0 saturated carbocycles. The number of hydrogen-bond acceptors (Lipinski definition) is 0. The number of para-hydroxylation sites is 2. The van der Waals surface area contributed by atoms with Crippen LogP contribution in [0, 0.1) is 0 Å². The molecule has 0 aliphatic heterocycles. The summed E-state index contributed by atoms with van der Waals surface area (Å²) in [5.74, 6) is 0. The van der Waals surface area contributed by atoms with Crippen LogP contribution in [0.3, 0.4) is 0 Å². The van der Waals surface area contributed by atoms with Crippen LogP contribution in [-0.4, -0.2) is 9.13 Å². The fourth-order valence-corrected chi connectivity index (χ4v) is 7.81. The van der Waals surface area contributed by atoms with Gasteiger partial charge in [0.05, 0.1) is 22.4 Å². The highest BCUT2D eigenvalue weighted by molar-refractivity contribution is 9.10. The average molecular weight is 692 g/mol. The van der Waals surface area contributed by atoms with Crippen molar-refractivity contribution in [1.82, 2.24) is 9.13 Å². The summed E-state index contributed by atoms with van der Waals surface area (Å²) in [5, 5.41) is 2.44. The van der Waals surface area contributed by atoms with Gasteiger partial charge in [0.1, 0.15) is 0 Å². The smallest absolute Gasteiger partial charge is 0.0626 e. The number of fused-ring (bicyclic) bond motifs is 12. The second-order valence-corrected chi connectivity index (χ2v) is 13.0. The maximum Gasteiger partial charge on any atom is 0.0626 e. The predicted octanol–water partition coefficient (Wildman–Crippen LogP) is 12.1. The zero-order chi connectivity index (χ0) is 29.4. The Hall–Kier alpha value is -4.64. The van der Waals surface area contributed by atoms with Crippen molar-refractivity contribution in [2.75, 3.05) is 0 Å². The summed E-state index contributed by atoms with van der Waals surface area (Å²) in [6.07, 6.45) is 0. The van der Waals surface area contributed by atoms with Crippen molar-refractivity contribution in [1.29, 1.82) is 0 Å². The van der Waals surface area contributed by atoms with Crippen LogP contribution in [0.25, 0.3) is 77.9 Å². The topological polar surface area (TPSA) is 9.86 Å². The Labute approximate surface area is 272 Å². The van der Waals surface area contributed by atoms with E-state index in [1.54, 1.807) is 0 Å². The third-order valence-corrected chi connectivity index (χ3v) is 9.78. The predicted molar refractivity (Wildman–Crippen MR) is 191 cm³/mol. The minimum Gasteiger partial charge on any atom is -0.309 e. The summed E-state index contributed by atoms with van der Waals surface area (Å²) in [5.41, 5.74) is 14.4. The van der Waals surface area contributed by atoms with Crippen molar-refractivity contribution in [3.05, 3.63) is 155 Å². The van der Waals surface area contributed by atoms with Crippen molar-refractivity contribution in [2.24, 2.45) is 0 Å². The Balaban J connectivity index is 1.56. The third-order valence-electron chi connectivity index (χ3n) is 8.79. The normalized spacial score (nSPS) is 11.9.